The van der Waals surface area contributed by atoms with Gasteiger partial charge in [0.1, 0.15) is 6.04 Å². The van der Waals surface area contributed by atoms with Crippen molar-refractivity contribution < 1.29 is 9.53 Å². The zero-order valence-corrected chi connectivity index (χ0v) is 19.4. The number of methoxy groups -OCH3 is 1. The Morgan fingerprint density at radius 2 is 1.12 bits per heavy atom. The van der Waals surface area contributed by atoms with Crippen molar-refractivity contribution in [1.82, 2.24) is 4.90 Å². The van der Waals surface area contributed by atoms with E-state index in [1.165, 1.54) is 0 Å². The van der Waals surface area contributed by atoms with Crippen molar-refractivity contribution in [3.8, 4) is 0 Å². The summed E-state index contributed by atoms with van der Waals surface area (Å²) in [5.41, 5.74) is 9.48. The van der Waals surface area contributed by atoms with Crippen molar-refractivity contribution in [3.05, 3.63) is 144 Å². The molecule has 4 nitrogen and oxygen atoms in total. The summed E-state index contributed by atoms with van der Waals surface area (Å²) in [4.78, 5) is 15.2. The molecule has 34 heavy (non-hydrogen) atoms. The lowest BCUT2D eigenvalue weighted by atomic mass is 9.74. The summed E-state index contributed by atoms with van der Waals surface area (Å²) in [5, 5.41) is 0. The van der Waals surface area contributed by atoms with Crippen LogP contribution in [-0.2, 0) is 21.6 Å². The molecule has 2 N–H and O–H groups in total. The van der Waals surface area contributed by atoms with E-state index in [1.54, 1.807) is 7.11 Å². The highest BCUT2D eigenvalue weighted by Gasteiger charge is 2.46. The molecule has 1 atom stereocenters. The van der Waals surface area contributed by atoms with Crippen molar-refractivity contribution >= 4 is 5.91 Å². The highest BCUT2D eigenvalue weighted by atomic mass is 16.5. The lowest BCUT2D eigenvalue weighted by molar-refractivity contribution is -0.127. The molecule has 0 saturated carbocycles. The Morgan fingerprint density at radius 3 is 1.47 bits per heavy atom. The molecular formula is C30H30N2O2. The molecule has 4 heteroatoms. The summed E-state index contributed by atoms with van der Waals surface area (Å²) in [6, 6.07) is 40.4. The Hall–Kier alpha value is -3.73. The van der Waals surface area contributed by atoms with E-state index < -0.39 is 17.5 Å². The van der Waals surface area contributed by atoms with Gasteiger partial charge in [0.25, 0.3) is 0 Å². The van der Waals surface area contributed by atoms with Crippen molar-refractivity contribution in [2.45, 2.75) is 18.1 Å². The molecule has 0 unspecified atom stereocenters. The number of hydrogen-bond donors (Lipinski definition) is 1. The lowest BCUT2D eigenvalue weighted by Gasteiger charge is -2.48. The number of carbonyl (C=O) groups is 1. The van der Waals surface area contributed by atoms with E-state index >= 15 is 0 Å². The van der Waals surface area contributed by atoms with Crippen molar-refractivity contribution in [3.63, 3.8) is 0 Å². The van der Waals surface area contributed by atoms with Crippen LogP contribution in [0.25, 0.3) is 0 Å². The molecule has 1 amide bonds. The Kier molecular flexibility index (Phi) is 7.53. The van der Waals surface area contributed by atoms with E-state index in [0.717, 1.165) is 22.3 Å². The van der Waals surface area contributed by atoms with Gasteiger partial charge >= 0.3 is 0 Å². The maximum absolute atomic E-state index is 13.0. The minimum atomic E-state index is -0.794. The highest BCUT2D eigenvalue weighted by Crippen LogP contribution is 2.44. The van der Waals surface area contributed by atoms with Crippen LogP contribution >= 0.6 is 0 Å². The third-order valence-corrected chi connectivity index (χ3v) is 6.23. The minimum Gasteiger partial charge on any atom is -0.383 e. The number of benzene rings is 4. The largest absolute Gasteiger partial charge is 0.383 e. The maximum atomic E-state index is 13.0. The number of hydrogen-bond acceptors (Lipinski definition) is 3. The third-order valence-electron chi connectivity index (χ3n) is 6.23. The van der Waals surface area contributed by atoms with Crippen molar-refractivity contribution in [1.29, 1.82) is 0 Å². The molecule has 0 bridgehead atoms. The molecule has 172 valence electrons. The fourth-order valence-corrected chi connectivity index (χ4v) is 4.76. The molecule has 0 aliphatic heterocycles. The molecule has 4 aromatic carbocycles. The second kappa shape index (κ2) is 10.9. The quantitative estimate of drug-likeness (QED) is 0.347. The van der Waals surface area contributed by atoms with Gasteiger partial charge < -0.3 is 10.5 Å². The normalized spacial score (nSPS) is 12.4. The van der Waals surface area contributed by atoms with Crippen molar-refractivity contribution in [2.24, 2.45) is 5.73 Å². The van der Waals surface area contributed by atoms with Crippen molar-refractivity contribution in [2.75, 3.05) is 13.7 Å². The lowest BCUT2D eigenvalue weighted by Crippen LogP contribution is -2.58. The first-order valence-electron chi connectivity index (χ1n) is 11.4. The Morgan fingerprint density at radius 1 is 0.735 bits per heavy atom. The SMILES string of the molecule is COC[C@H](C(N)=O)N(Cc1ccccc1)C(c1ccccc1)(c1ccccc1)c1ccccc1. The van der Waals surface area contributed by atoms with Crippen LogP contribution in [0, 0.1) is 0 Å². The van der Waals surface area contributed by atoms with Gasteiger partial charge in [-0.25, -0.2) is 0 Å². The molecule has 0 fully saturated rings. The number of carbonyl (C=O) groups excluding carboxylic acids is 1. The van der Waals surface area contributed by atoms with Gasteiger partial charge in [0.2, 0.25) is 5.91 Å². The number of rotatable bonds is 10. The number of nitrogens with zero attached hydrogens (tertiary/aromatic N) is 1. The van der Waals surface area contributed by atoms with Crippen LogP contribution in [0.15, 0.2) is 121 Å². The molecule has 0 spiro atoms. The molecule has 0 saturated heterocycles. The van der Waals surface area contributed by atoms with Crippen LogP contribution in [0.3, 0.4) is 0 Å². The number of amides is 1. The summed E-state index contributed by atoms with van der Waals surface area (Å²) in [7, 11) is 1.60. The maximum Gasteiger partial charge on any atom is 0.237 e. The van der Waals surface area contributed by atoms with E-state index in [-0.39, 0.29) is 6.61 Å². The van der Waals surface area contributed by atoms with E-state index in [1.807, 2.05) is 72.8 Å². The predicted molar refractivity (Wildman–Crippen MR) is 136 cm³/mol. The van der Waals surface area contributed by atoms with Gasteiger partial charge in [-0.15, -0.1) is 0 Å². The average molecular weight is 451 g/mol. The summed E-state index contributed by atoms with van der Waals surface area (Å²) in [6.07, 6.45) is 0. The molecule has 0 aromatic heterocycles. The Labute approximate surface area is 201 Å². The first-order valence-corrected chi connectivity index (χ1v) is 11.4. The van der Waals surface area contributed by atoms with Gasteiger partial charge in [-0.2, -0.15) is 0 Å². The minimum absolute atomic E-state index is 0.177. The van der Waals surface area contributed by atoms with E-state index in [4.69, 9.17) is 10.5 Å². The zero-order chi connectivity index (χ0) is 23.8. The summed E-state index contributed by atoms with van der Waals surface area (Å²) >= 11 is 0. The second-order valence-electron chi connectivity index (χ2n) is 8.30. The van der Waals surface area contributed by atoms with Gasteiger partial charge in [-0.05, 0) is 22.3 Å². The number of nitrogens with two attached hydrogens (primary N) is 1. The monoisotopic (exact) mass is 450 g/mol. The molecule has 0 radical (unpaired) electrons. The van der Waals surface area contributed by atoms with Gasteiger partial charge in [-0.1, -0.05) is 121 Å². The highest BCUT2D eigenvalue weighted by molar-refractivity contribution is 5.80. The Balaban J connectivity index is 2.08. The van der Waals surface area contributed by atoms with E-state index in [2.05, 4.69) is 53.4 Å². The van der Waals surface area contributed by atoms with E-state index in [0.29, 0.717) is 6.54 Å². The molecule has 0 heterocycles. The Bertz CT molecular complexity index is 1070. The number of primary amides is 1. The van der Waals surface area contributed by atoms with Gasteiger partial charge in [0.15, 0.2) is 0 Å². The predicted octanol–water partition coefficient (Wildman–Crippen LogP) is 4.98. The molecule has 0 aliphatic rings. The van der Waals surface area contributed by atoms with Gasteiger partial charge in [0, 0.05) is 13.7 Å². The summed E-state index contributed by atoms with van der Waals surface area (Å²) in [6.45, 7) is 0.674. The van der Waals surface area contributed by atoms with Crippen LogP contribution < -0.4 is 5.73 Å². The topological polar surface area (TPSA) is 55.6 Å². The molecule has 0 aliphatic carbocycles. The van der Waals surface area contributed by atoms with Crippen LogP contribution in [0.4, 0.5) is 0 Å². The number of ether oxygens (including phenoxy) is 1. The smallest absolute Gasteiger partial charge is 0.237 e. The van der Waals surface area contributed by atoms with Crippen LogP contribution in [0.1, 0.15) is 22.3 Å². The second-order valence-corrected chi connectivity index (χ2v) is 8.30. The first kappa shape index (κ1) is 23.4. The van der Waals surface area contributed by atoms with Gasteiger partial charge in [-0.3, -0.25) is 9.69 Å². The first-order chi connectivity index (χ1) is 16.7. The van der Waals surface area contributed by atoms with Crippen LogP contribution in [-0.4, -0.2) is 30.6 Å². The average Bonchev–Trinajstić information content (AvgIpc) is 2.89. The third kappa shape index (κ3) is 4.65. The zero-order valence-electron chi connectivity index (χ0n) is 19.4. The standard InChI is InChI=1S/C30H30N2O2/c1-34-23-28(29(31)33)32(22-24-14-6-2-7-15-24)30(25-16-8-3-9-17-25,26-18-10-4-11-19-26)27-20-12-5-13-21-27/h2-21,28H,22-23H2,1H3,(H2,31,33)/t28-/m1/s1. The fraction of sp³-hybridized carbons (Fsp3) is 0.167. The summed E-state index contributed by atoms with van der Waals surface area (Å²) < 4.78 is 5.54. The van der Waals surface area contributed by atoms with Gasteiger partial charge in [0.05, 0.1) is 12.1 Å². The van der Waals surface area contributed by atoms with Crippen LogP contribution in [0.2, 0.25) is 0 Å². The van der Waals surface area contributed by atoms with E-state index in [9.17, 15) is 4.79 Å². The summed E-state index contributed by atoms with van der Waals surface area (Å²) in [5.74, 6) is -0.426. The molecule has 4 aromatic rings. The fourth-order valence-electron chi connectivity index (χ4n) is 4.76. The molecular weight excluding hydrogens is 420 g/mol. The van der Waals surface area contributed by atoms with Crippen LogP contribution in [0.5, 0.6) is 0 Å². The molecule has 4 rings (SSSR count).